The second kappa shape index (κ2) is 9.91. The molecule has 0 N–H and O–H groups in total. The predicted octanol–water partition coefficient (Wildman–Crippen LogP) is 7.86. The van der Waals surface area contributed by atoms with Gasteiger partial charge in [-0.2, -0.15) is 5.26 Å². The lowest BCUT2D eigenvalue weighted by Gasteiger charge is -2.25. The minimum Gasteiger partial charge on any atom is -0.311 e. The van der Waals surface area contributed by atoms with Crippen LogP contribution in [0.4, 0.5) is 17.1 Å². The Balaban J connectivity index is 1.55. The summed E-state index contributed by atoms with van der Waals surface area (Å²) in [6.45, 7) is 0. The minimum atomic E-state index is 1.02. The predicted molar refractivity (Wildman–Crippen MR) is 131 cm³/mol. The smallest absolute Gasteiger partial charge is 0.0912 e. The molecular weight excluding hydrogens is 376 g/mol. The number of benzene rings is 4. The van der Waals surface area contributed by atoms with Crippen molar-refractivity contribution in [2.45, 2.75) is 0 Å². The van der Waals surface area contributed by atoms with Crippen molar-refractivity contribution in [2.24, 2.45) is 0 Å². The van der Waals surface area contributed by atoms with E-state index < -0.39 is 0 Å². The van der Waals surface area contributed by atoms with Gasteiger partial charge in [0.2, 0.25) is 0 Å². The molecule has 148 valence electrons. The molecule has 0 amide bonds. The molecule has 0 aliphatic heterocycles. The number of rotatable bonds is 6. The van der Waals surface area contributed by atoms with Crippen molar-refractivity contribution in [1.29, 1.82) is 5.26 Å². The fourth-order valence-corrected chi connectivity index (χ4v) is 3.38. The maximum Gasteiger partial charge on any atom is 0.0912 e. The second-order valence-corrected chi connectivity index (χ2v) is 7.06. The fourth-order valence-electron chi connectivity index (χ4n) is 3.38. The lowest BCUT2D eigenvalue weighted by molar-refractivity contribution is 1.28. The zero-order valence-corrected chi connectivity index (χ0v) is 17.1. The molecule has 0 spiro atoms. The number of para-hydroxylation sites is 2. The van der Waals surface area contributed by atoms with Gasteiger partial charge in [-0.1, -0.05) is 84.9 Å². The minimum absolute atomic E-state index is 1.02. The number of nitriles is 1. The number of allylic oxidation sites excluding steroid dienone is 1. The van der Waals surface area contributed by atoms with E-state index in [4.69, 9.17) is 5.26 Å². The van der Waals surface area contributed by atoms with E-state index in [0.29, 0.717) is 0 Å². The molecule has 0 aromatic heterocycles. The summed E-state index contributed by atoms with van der Waals surface area (Å²) in [5.41, 5.74) is 6.64. The van der Waals surface area contributed by atoms with E-state index in [-0.39, 0.29) is 0 Å². The van der Waals surface area contributed by atoms with Gasteiger partial charge in [0, 0.05) is 23.1 Å². The van der Waals surface area contributed by atoms with Crippen LogP contribution in [0, 0.1) is 11.3 Å². The van der Waals surface area contributed by atoms with Gasteiger partial charge in [-0.25, -0.2) is 0 Å². The first-order valence-electron chi connectivity index (χ1n) is 10.2. The van der Waals surface area contributed by atoms with Gasteiger partial charge in [0.05, 0.1) is 6.07 Å². The SMILES string of the molecule is N#C/C=C/c1ccc(/C=C/c2ccc(N(c3ccccc3)c3ccccc3)cc2)cc1. The van der Waals surface area contributed by atoms with E-state index in [9.17, 15) is 0 Å². The van der Waals surface area contributed by atoms with Crippen LogP contribution in [0.15, 0.2) is 115 Å². The van der Waals surface area contributed by atoms with Crippen molar-refractivity contribution in [3.8, 4) is 6.07 Å². The van der Waals surface area contributed by atoms with Crippen LogP contribution in [-0.2, 0) is 0 Å². The molecule has 0 aliphatic rings. The number of hydrogen-bond acceptors (Lipinski definition) is 2. The molecule has 0 bridgehead atoms. The average Bonchev–Trinajstić information content (AvgIpc) is 2.84. The molecule has 4 aromatic carbocycles. The maximum atomic E-state index is 8.62. The van der Waals surface area contributed by atoms with E-state index in [1.165, 1.54) is 6.08 Å². The third kappa shape index (κ3) is 5.18. The first kappa shape index (κ1) is 19.9. The summed E-state index contributed by atoms with van der Waals surface area (Å²) < 4.78 is 0. The van der Waals surface area contributed by atoms with Crippen LogP contribution in [0.2, 0.25) is 0 Å². The summed E-state index contributed by atoms with van der Waals surface area (Å²) in [7, 11) is 0. The van der Waals surface area contributed by atoms with Crippen molar-refractivity contribution in [3.63, 3.8) is 0 Å². The van der Waals surface area contributed by atoms with Crippen LogP contribution >= 0.6 is 0 Å². The monoisotopic (exact) mass is 398 g/mol. The Morgan fingerprint density at radius 2 is 0.871 bits per heavy atom. The number of hydrogen-bond donors (Lipinski definition) is 0. The first-order valence-corrected chi connectivity index (χ1v) is 10.2. The van der Waals surface area contributed by atoms with Crippen molar-refractivity contribution in [2.75, 3.05) is 4.90 Å². The van der Waals surface area contributed by atoms with Crippen molar-refractivity contribution < 1.29 is 0 Å². The second-order valence-electron chi connectivity index (χ2n) is 7.06. The molecule has 0 heterocycles. The molecular formula is C29H22N2. The molecule has 0 fully saturated rings. The summed E-state index contributed by atoms with van der Waals surface area (Å²) in [5.74, 6) is 0. The summed E-state index contributed by atoms with van der Waals surface area (Å²) >= 11 is 0. The standard InChI is InChI=1S/C29H22N2/c30-23-7-8-24-13-15-25(16-14-24)17-18-26-19-21-29(22-20-26)31(27-9-3-1-4-10-27)28-11-5-2-6-12-28/h1-22H/b8-7+,18-17+. The highest BCUT2D eigenvalue weighted by Gasteiger charge is 2.11. The molecule has 0 radical (unpaired) electrons. The fraction of sp³-hybridized carbons (Fsp3) is 0. The van der Waals surface area contributed by atoms with Gasteiger partial charge in [-0.05, 0) is 59.2 Å². The van der Waals surface area contributed by atoms with Crippen LogP contribution < -0.4 is 4.90 Å². The highest BCUT2D eigenvalue weighted by Crippen LogP contribution is 2.34. The maximum absolute atomic E-state index is 8.62. The molecule has 0 atom stereocenters. The number of nitrogens with zero attached hydrogens (tertiary/aromatic N) is 2. The third-order valence-corrected chi connectivity index (χ3v) is 4.94. The van der Waals surface area contributed by atoms with Crippen LogP contribution in [0.5, 0.6) is 0 Å². The van der Waals surface area contributed by atoms with Gasteiger partial charge in [0.25, 0.3) is 0 Å². The molecule has 0 saturated carbocycles. The van der Waals surface area contributed by atoms with E-state index in [0.717, 1.165) is 33.8 Å². The Morgan fingerprint density at radius 1 is 0.484 bits per heavy atom. The Kier molecular flexibility index (Phi) is 6.38. The molecule has 0 aliphatic carbocycles. The Labute approximate surface area is 183 Å². The van der Waals surface area contributed by atoms with E-state index in [1.54, 1.807) is 6.08 Å². The van der Waals surface area contributed by atoms with Crippen molar-refractivity contribution in [3.05, 3.63) is 132 Å². The first-order chi connectivity index (χ1) is 15.3. The summed E-state index contributed by atoms with van der Waals surface area (Å²) in [6, 6.07) is 39.5. The van der Waals surface area contributed by atoms with E-state index in [2.05, 4.69) is 102 Å². The van der Waals surface area contributed by atoms with Gasteiger partial charge in [0.1, 0.15) is 0 Å². The molecule has 2 nitrogen and oxygen atoms in total. The number of anilines is 3. The molecule has 31 heavy (non-hydrogen) atoms. The van der Waals surface area contributed by atoms with Crippen LogP contribution in [-0.4, -0.2) is 0 Å². The van der Waals surface area contributed by atoms with Crippen molar-refractivity contribution >= 4 is 35.3 Å². The highest BCUT2D eigenvalue weighted by molar-refractivity contribution is 5.78. The van der Waals surface area contributed by atoms with Gasteiger partial charge in [0.15, 0.2) is 0 Å². The van der Waals surface area contributed by atoms with E-state index >= 15 is 0 Å². The molecule has 4 aromatic rings. The topological polar surface area (TPSA) is 27.0 Å². The van der Waals surface area contributed by atoms with Crippen LogP contribution in [0.1, 0.15) is 16.7 Å². The van der Waals surface area contributed by atoms with Gasteiger partial charge < -0.3 is 4.90 Å². The normalized spacial score (nSPS) is 10.9. The Hall–Kier alpha value is -4.35. The van der Waals surface area contributed by atoms with Crippen molar-refractivity contribution in [1.82, 2.24) is 0 Å². The quantitative estimate of drug-likeness (QED) is 0.244. The summed E-state index contributed by atoms with van der Waals surface area (Å²) in [6.07, 6.45) is 7.50. The lowest BCUT2D eigenvalue weighted by atomic mass is 10.1. The van der Waals surface area contributed by atoms with Crippen LogP contribution in [0.25, 0.3) is 18.2 Å². The average molecular weight is 399 g/mol. The molecule has 0 saturated heterocycles. The third-order valence-electron chi connectivity index (χ3n) is 4.94. The molecule has 4 rings (SSSR count). The van der Waals surface area contributed by atoms with E-state index in [1.807, 2.05) is 30.3 Å². The van der Waals surface area contributed by atoms with Gasteiger partial charge in [-0.3, -0.25) is 0 Å². The summed E-state index contributed by atoms with van der Waals surface area (Å²) in [5, 5.41) is 8.62. The molecule has 0 unspecified atom stereocenters. The van der Waals surface area contributed by atoms with Gasteiger partial charge in [-0.15, -0.1) is 0 Å². The Morgan fingerprint density at radius 3 is 1.32 bits per heavy atom. The highest BCUT2D eigenvalue weighted by atomic mass is 15.1. The Bertz CT molecular complexity index is 1160. The largest absolute Gasteiger partial charge is 0.311 e. The molecule has 2 heteroatoms. The zero-order chi connectivity index (χ0) is 21.3. The van der Waals surface area contributed by atoms with Gasteiger partial charge >= 0.3 is 0 Å². The zero-order valence-electron chi connectivity index (χ0n) is 17.1. The summed E-state index contributed by atoms with van der Waals surface area (Å²) in [4.78, 5) is 2.25. The lowest BCUT2D eigenvalue weighted by Crippen LogP contribution is -2.09. The van der Waals surface area contributed by atoms with Crippen LogP contribution in [0.3, 0.4) is 0 Å².